The lowest BCUT2D eigenvalue weighted by Gasteiger charge is -2.29. The number of hydrogen-bond acceptors (Lipinski definition) is 7. The van der Waals surface area contributed by atoms with Gasteiger partial charge in [-0.25, -0.2) is 9.59 Å². The topological polar surface area (TPSA) is 83.4 Å². The zero-order valence-corrected chi connectivity index (χ0v) is 16.8. The minimum Gasteiger partial charge on any atom is -0.431 e. The first-order valence-electron chi connectivity index (χ1n) is 10.1. The summed E-state index contributed by atoms with van der Waals surface area (Å²) in [4.78, 5) is 30.4. The van der Waals surface area contributed by atoms with Crippen LogP contribution in [0.25, 0.3) is 0 Å². The zero-order valence-electron chi connectivity index (χ0n) is 16.8. The van der Waals surface area contributed by atoms with E-state index in [2.05, 4.69) is 25.9 Å². The molecule has 0 N–H and O–H groups in total. The van der Waals surface area contributed by atoms with Gasteiger partial charge in [-0.1, -0.05) is 32.3 Å². The quantitative estimate of drug-likeness (QED) is 0.532. The predicted octanol–water partition coefficient (Wildman–Crippen LogP) is 4.33. The highest BCUT2D eigenvalue weighted by Gasteiger charge is 2.60. The summed E-state index contributed by atoms with van der Waals surface area (Å²) in [6, 6.07) is 0. The Labute approximate surface area is 160 Å². The van der Waals surface area contributed by atoms with Gasteiger partial charge in [-0.2, -0.15) is 0 Å². The molecular weight excluding hydrogens is 350 g/mol. The maximum atomic E-state index is 12.9. The van der Waals surface area contributed by atoms with E-state index in [1.165, 1.54) is 13.3 Å². The second kappa shape index (κ2) is 7.68. The highest BCUT2D eigenvalue weighted by atomic mass is 16.8. The fourth-order valence-corrected chi connectivity index (χ4v) is 4.34. The molecule has 3 rings (SSSR count). The lowest BCUT2D eigenvalue weighted by molar-refractivity contribution is -0.194. The lowest BCUT2D eigenvalue weighted by Crippen LogP contribution is -2.47. The normalized spacial score (nSPS) is 29.3. The summed E-state index contributed by atoms with van der Waals surface area (Å²) in [5, 5.41) is 4.21. The number of rotatable bonds is 4. The maximum absolute atomic E-state index is 12.9. The molecule has 7 nitrogen and oxygen atoms in total. The zero-order chi connectivity index (χ0) is 19.7. The Morgan fingerprint density at radius 2 is 1.81 bits per heavy atom. The molecule has 3 aliphatic rings. The summed E-state index contributed by atoms with van der Waals surface area (Å²) in [5.74, 6) is -0.614. The van der Waals surface area contributed by atoms with Crippen molar-refractivity contribution in [1.29, 1.82) is 0 Å². The van der Waals surface area contributed by atoms with Crippen LogP contribution in [0.1, 0.15) is 79.1 Å². The van der Waals surface area contributed by atoms with Gasteiger partial charge in [0.25, 0.3) is 0 Å². The number of nitrogens with zero attached hydrogens (tertiary/aromatic N) is 1. The third kappa shape index (κ3) is 4.22. The first kappa shape index (κ1) is 20.0. The van der Waals surface area contributed by atoms with Gasteiger partial charge in [0.05, 0.1) is 11.6 Å². The molecule has 0 aromatic rings. The second-order valence-electron chi connectivity index (χ2n) is 8.87. The average Bonchev–Trinajstić information content (AvgIpc) is 3.14. The molecule has 3 unspecified atom stereocenters. The van der Waals surface area contributed by atoms with Gasteiger partial charge < -0.3 is 19.0 Å². The van der Waals surface area contributed by atoms with Gasteiger partial charge >= 0.3 is 12.1 Å². The van der Waals surface area contributed by atoms with Gasteiger partial charge in [0.2, 0.25) is 11.9 Å². The van der Waals surface area contributed by atoms with Gasteiger partial charge in [0, 0.05) is 18.8 Å². The molecule has 2 aliphatic carbocycles. The third-order valence-electron chi connectivity index (χ3n) is 5.71. The number of ether oxygens (including phenoxy) is 3. The van der Waals surface area contributed by atoms with Crippen LogP contribution in [-0.2, 0) is 23.8 Å². The number of hydrogen-bond donors (Lipinski definition) is 0. The number of fused-ring (bicyclic) bond motifs is 1. The highest BCUT2D eigenvalue weighted by Crippen LogP contribution is 2.48. The maximum Gasteiger partial charge on any atom is 0.511 e. The van der Waals surface area contributed by atoms with Crippen molar-refractivity contribution >= 4 is 17.8 Å². The van der Waals surface area contributed by atoms with Crippen molar-refractivity contribution in [3.8, 4) is 0 Å². The van der Waals surface area contributed by atoms with Crippen molar-refractivity contribution in [2.24, 2.45) is 16.5 Å². The largest absolute Gasteiger partial charge is 0.511 e. The fourth-order valence-electron chi connectivity index (χ4n) is 4.34. The number of carbonyl (C=O) groups is 2. The van der Waals surface area contributed by atoms with Crippen LogP contribution in [0.3, 0.4) is 0 Å². The molecule has 2 saturated carbocycles. The minimum absolute atomic E-state index is 0.0913. The van der Waals surface area contributed by atoms with Crippen LogP contribution < -0.4 is 0 Å². The summed E-state index contributed by atoms with van der Waals surface area (Å²) in [6.07, 6.45) is 5.33. The Hall–Kier alpha value is -1.79. The van der Waals surface area contributed by atoms with Gasteiger partial charge in [-0.15, -0.1) is 0 Å². The monoisotopic (exact) mass is 381 g/mol. The van der Waals surface area contributed by atoms with Crippen LogP contribution in [0.2, 0.25) is 0 Å². The van der Waals surface area contributed by atoms with Crippen molar-refractivity contribution in [2.75, 3.05) is 0 Å². The molecule has 0 aromatic carbocycles. The molecule has 1 aliphatic heterocycles. The van der Waals surface area contributed by atoms with E-state index in [-0.39, 0.29) is 17.4 Å². The molecule has 2 fully saturated rings. The van der Waals surface area contributed by atoms with Crippen molar-refractivity contribution in [2.45, 2.75) is 97.1 Å². The van der Waals surface area contributed by atoms with Crippen LogP contribution in [0.15, 0.2) is 5.16 Å². The van der Waals surface area contributed by atoms with E-state index >= 15 is 0 Å². The SMILES string of the molecule is CC(OC(=O)OC1CCCCC1)OC(=O)C12CCCC1C(C(C)(C)C)=NO2. The van der Waals surface area contributed by atoms with Crippen LogP contribution in [0, 0.1) is 11.3 Å². The Kier molecular flexibility index (Phi) is 5.68. The molecule has 7 heteroatoms. The summed E-state index contributed by atoms with van der Waals surface area (Å²) >= 11 is 0. The molecule has 0 bridgehead atoms. The summed E-state index contributed by atoms with van der Waals surface area (Å²) < 4.78 is 15.8. The molecule has 0 radical (unpaired) electrons. The molecule has 0 aromatic heterocycles. The minimum atomic E-state index is -1.09. The van der Waals surface area contributed by atoms with E-state index < -0.39 is 24.0 Å². The van der Waals surface area contributed by atoms with E-state index in [1.54, 1.807) is 0 Å². The van der Waals surface area contributed by atoms with Crippen molar-refractivity contribution < 1.29 is 28.6 Å². The molecule has 0 saturated heterocycles. The summed E-state index contributed by atoms with van der Waals surface area (Å²) in [7, 11) is 0. The molecular formula is C20H31NO6. The first-order chi connectivity index (χ1) is 12.7. The number of esters is 1. The van der Waals surface area contributed by atoms with Gasteiger partial charge in [-0.3, -0.25) is 0 Å². The Morgan fingerprint density at radius 3 is 2.48 bits per heavy atom. The van der Waals surface area contributed by atoms with Crippen LogP contribution >= 0.6 is 0 Å². The molecule has 27 heavy (non-hydrogen) atoms. The van der Waals surface area contributed by atoms with E-state index in [1.807, 2.05) is 0 Å². The summed E-state index contributed by atoms with van der Waals surface area (Å²) in [5.41, 5.74) is -0.376. The number of oxime groups is 1. The van der Waals surface area contributed by atoms with Gasteiger partial charge in [0.1, 0.15) is 6.10 Å². The lowest BCUT2D eigenvalue weighted by atomic mass is 9.76. The summed E-state index contributed by atoms with van der Waals surface area (Å²) in [6.45, 7) is 7.69. The van der Waals surface area contributed by atoms with Crippen LogP contribution in [0.4, 0.5) is 4.79 Å². The fraction of sp³-hybridized carbons (Fsp3) is 0.850. The first-order valence-corrected chi connectivity index (χ1v) is 10.1. The molecule has 1 heterocycles. The Bertz CT molecular complexity index is 604. The highest BCUT2D eigenvalue weighted by molar-refractivity contribution is 5.99. The van der Waals surface area contributed by atoms with Crippen molar-refractivity contribution in [1.82, 2.24) is 0 Å². The van der Waals surface area contributed by atoms with Crippen LogP contribution in [0.5, 0.6) is 0 Å². The molecule has 3 atom stereocenters. The van der Waals surface area contributed by atoms with Gasteiger partial charge in [0.15, 0.2) is 0 Å². The van der Waals surface area contributed by atoms with Gasteiger partial charge in [-0.05, 0) is 38.5 Å². The van der Waals surface area contributed by atoms with Crippen LogP contribution in [-0.4, -0.2) is 35.8 Å². The molecule has 0 spiro atoms. The van der Waals surface area contributed by atoms with Crippen molar-refractivity contribution in [3.05, 3.63) is 0 Å². The third-order valence-corrected chi connectivity index (χ3v) is 5.71. The average molecular weight is 381 g/mol. The Balaban J connectivity index is 1.54. The second-order valence-corrected chi connectivity index (χ2v) is 8.87. The van der Waals surface area contributed by atoms with E-state index in [4.69, 9.17) is 19.0 Å². The standard InChI is InChI=1S/C20H31NO6/c1-13(25-18(23)26-14-9-6-5-7-10-14)24-17(22)20-12-8-11-15(20)16(21-27-20)19(2,3)4/h13-15H,5-12H2,1-4H3. The van der Waals surface area contributed by atoms with E-state index in [0.717, 1.165) is 44.2 Å². The molecule has 0 amide bonds. The smallest absolute Gasteiger partial charge is 0.431 e. The van der Waals surface area contributed by atoms with E-state index in [9.17, 15) is 9.59 Å². The number of carbonyl (C=O) groups excluding carboxylic acids is 2. The molecule has 152 valence electrons. The predicted molar refractivity (Wildman–Crippen MR) is 98.0 cm³/mol. The Morgan fingerprint density at radius 1 is 1.11 bits per heavy atom. The van der Waals surface area contributed by atoms with E-state index in [0.29, 0.717) is 6.42 Å². The van der Waals surface area contributed by atoms with Crippen molar-refractivity contribution in [3.63, 3.8) is 0 Å².